The number of fused-ring (bicyclic) bond motifs is 1. The summed E-state index contributed by atoms with van der Waals surface area (Å²) in [6.07, 6.45) is -12.3. The van der Waals surface area contributed by atoms with Gasteiger partial charge in [0.15, 0.2) is 0 Å². The van der Waals surface area contributed by atoms with Crippen LogP contribution >= 0.6 is 0 Å². The third-order valence-corrected chi connectivity index (χ3v) is 4.09. The van der Waals surface area contributed by atoms with Gasteiger partial charge < -0.3 is 10.4 Å². The van der Waals surface area contributed by atoms with Gasteiger partial charge in [0.25, 0.3) is 5.60 Å². The highest BCUT2D eigenvalue weighted by Crippen LogP contribution is 2.53. The molecule has 2 aromatic rings. The van der Waals surface area contributed by atoms with Crippen LogP contribution in [0, 0.1) is 5.41 Å². The number of nitrogens with one attached hydrogen (secondary N) is 1. The number of anilines is 1. The van der Waals surface area contributed by atoms with Crippen LogP contribution in [0.3, 0.4) is 0 Å². The SMILES string of the molecule is CC(C)(C)CC(=O)Nc1c(C(O)(C(F)(F)F)C(F)(F)F)ccc2ccccc12. The highest BCUT2D eigenvalue weighted by Gasteiger charge is 2.72. The molecule has 2 aromatic carbocycles. The van der Waals surface area contributed by atoms with Gasteiger partial charge >= 0.3 is 12.4 Å². The van der Waals surface area contributed by atoms with Gasteiger partial charge in [-0.1, -0.05) is 57.2 Å². The maximum Gasteiger partial charge on any atom is 0.430 e. The van der Waals surface area contributed by atoms with E-state index in [0.29, 0.717) is 11.5 Å². The molecule has 0 spiro atoms. The van der Waals surface area contributed by atoms with E-state index in [0.717, 1.165) is 6.07 Å². The fourth-order valence-electron chi connectivity index (χ4n) is 2.84. The van der Waals surface area contributed by atoms with Crippen molar-refractivity contribution in [2.75, 3.05) is 5.32 Å². The van der Waals surface area contributed by atoms with Crippen molar-refractivity contribution in [1.82, 2.24) is 0 Å². The summed E-state index contributed by atoms with van der Waals surface area (Å²) in [5, 5.41) is 12.3. The first-order valence-electron chi connectivity index (χ1n) is 8.26. The normalized spacial score (nSPS) is 13.6. The Balaban J connectivity index is 2.77. The van der Waals surface area contributed by atoms with E-state index in [1.54, 1.807) is 26.8 Å². The highest BCUT2D eigenvalue weighted by molar-refractivity contribution is 6.04. The summed E-state index contributed by atoms with van der Waals surface area (Å²) in [4.78, 5) is 12.3. The standard InChI is InChI=1S/C19H19F6NO2/c1-16(2,3)10-14(27)26-15-12-7-5-4-6-11(12)8-9-13(15)17(28,18(20,21)22)19(23,24)25/h4-9,28H,10H2,1-3H3,(H,26,27). The number of halogens is 6. The molecule has 0 aliphatic carbocycles. The molecule has 0 unspecified atom stereocenters. The molecule has 0 bridgehead atoms. The van der Waals surface area contributed by atoms with E-state index < -0.39 is 40.5 Å². The van der Waals surface area contributed by atoms with Crippen LogP contribution in [0.25, 0.3) is 10.8 Å². The fourth-order valence-corrected chi connectivity index (χ4v) is 2.84. The van der Waals surface area contributed by atoms with Crippen molar-refractivity contribution in [3.8, 4) is 0 Å². The monoisotopic (exact) mass is 407 g/mol. The molecule has 0 aliphatic rings. The summed E-state index contributed by atoms with van der Waals surface area (Å²) in [5.41, 5.74) is -7.90. The second-order valence-corrected chi connectivity index (χ2v) is 7.70. The molecule has 0 aromatic heterocycles. The predicted molar refractivity (Wildman–Crippen MR) is 92.7 cm³/mol. The van der Waals surface area contributed by atoms with Crippen molar-refractivity contribution in [2.45, 2.75) is 45.1 Å². The number of rotatable bonds is 3. The average Bonchev–Trinajstić information content (AvgIpc) is 2.50. The summed E-state index contributed by atoms with van der Waals surface area (Å²) < 4.78 is 80.4. The van der Waals surface area contributed by atoms with Crippen LogP contribution in [-0.4, -0.2) is 23.4 Å². The Kier molecular flexibility index (Phi) is 5.46. The van der Waals surface area contributed by atoms with Gasteiger partial charge in [0, 0.05) is 17.4 Å². The van der Waals surface area contributed by atoms with Crippen molar-refractivity contribution in [1.29, 1.82) is 0 Å². The van der Waals surface area contributed by atoms with Crippen molar-refractivity contribution in [3.05, 3.63) is 42.0 Å². The zero-order valence-corrected chi connectivity index (χ0v) is 15.3. The molecular formula is C19H19F6NO2. The van der Waals surface area contributed by atoms with E-state index in [-0.39, 0.29) is 11.8 Å². The van der Waals surface area contributed by atoms with E-state index in [1.807, 2.05) is 0 Å². The van der Waals surface area contributed by atoms with Crippen LogP contribution in [-0.2, 0) is 10.4 Å². The zero-order chi connectivity index (χ0) is 21.5. The topological polar surface area (TPSA) is 49.3 Å². The predicted octanol–water partition coefficient (Wildman–Crippen LogP) is 5.53. The van der Waals surface area contributed by atoms with Crippen LogP contribution in [0.15, 0.2) is 36.4 Å². The molecular weight excluding hydrogens is 388 g/mol. The van der Waals surface area contributed by atoms with Gasteiger partial charge in [-0.25, -0.2) is 0 Å². The molecule has 0 radical (unpaired) electrons. The minimum Gasteiger partial charge on any atom is -0.369 e. The molecule has 0 aliphatic heterocycles. The lowest BCUT2D eigenvalue weighted by atomic mass is 9.87. The number of benzene rings is 2. The van der Waals surface area contributed by atoms with E-state index in [2.05, 4.69) is 5.32 Å². The Morgan fingerprint density at radius 2 is 1.46 bits per heavy atom. The molecule has 0 saturated heterocycles. The van der Waals surface area contributed by atoms with Crippen LogP contribution in [0.1, 0.15) is 32.8 Å². The summed E-state index contributed by atoms with van der Waals surface area (Å²) in [6, 6.07) is 7.27. The first-order chi connectivity index (χ1) is 12.6. The number of aliphatic hydroxyl groups is 1. The van der Waals surface area contributed by atoms with Crippen LogP contribution in [0.4, 0.5) is 32.0 Å². The second-order valence-electron chi connectivity index (χ2n) is 7.70. The van der Waals surface area contributed by atoms with E-state index >= 15 is 0 Å². The zero-order valence-electron chi connectivity index (χ0n) is 15.3. The average molecular weight is 407 g/mol. The van der Waals surface area contributed by atoms with Gasteiger partial charge in [0.2, 0.25) is 5.91 Å². The molecule has 0 heterocycles. The maximum atomic E-state index is 13.4. The largest absolute Gasteiger partial charge is 0.430 e. The lowest BCUT2D eigenvalue weighted by Crippen LogP contribution is -2.54. The van der Waals surface area contributed by atoms with Crippen LogP contribution in [0.5, 0.6) is 0 Å². The highest BCUT2D eigenvalue weighted by atomic mass is 19.4. The molecule has 0 atom stereocenters. The van der Waals surface area contributed by atoms with Crippen molar-refractivity contribution < 1.29 is 36.2 Å². The summed E-state index contributed by atoms with van der Waals surface area (Å²) >= 11 is 0. The number of hydrogen-bond acceptors (Lipinski definition) is 2. The third-order valence-electron chi connectivity index (χ3n) is 4.09. The Labute approximate surface area is 157 Å². The first kappa shape index (κ1) is 22.0. The molecule has 2 rings (SSSR count). The smallest absolute Gasteiger partial charge is 0.369 e. The van der Waals surface area contributed by atoms with Crippen LogP contribution < -0.4 is 5.32 Å². The molecule has 9 heteroatoms. The van der Waals surface area contributed by atoms with Crippen LogP contribution in [0.2, 0.25) is 0 Å². The number of amides is 1. The second kappa shape index (κ2) is 6.95. The lowest BCUT2D eigenvalue weighted by molar-refractivity contribution is -0.375. The Morgan fingerprint density at radius 3 is 1.96 bits per heavy atom. The van der Waals surface area contributed by atoms with Gasteiger partial charge in [0.1, 0.15) is 0 Å². The molecule has 154 valence electrons. The Hall–Kier alpha value is -2.29. The Bertz CT molecular complexity index is 867. The van der Waals surface area contributed by atoms with Crippen molar-refractivity contribution in [2.24, 2.45) is 5.41 Å². The summed E-state index contributed by atoms with van der Waals surface area (Å²) in [6.45, 7) is 5.08. The van der Waals surface area contributed by atoms with Gasteiger partial charge in [0.05, 0.1) is 5.69 Å². The summed E-state index contributed by atoms with van der Waals surface area (Å²) in [5.74, 6) is -0.767. The van der Waals surface area contributed by atoms with Crippen molar-refractivity contribution in [3.63, 3.8) is 0 Å². The molecule has 0 fully saturated rings. The van der Waals surface area contributed by atoms with Gasteiger partial charge in [-0.2, -0.15) is 26.3 Å². The molecule has 1 amide bonds. The molecule has 28 heavy (non-hydrogen) atoms. The first-order valence-corrected chi connectivity index (χ1v) is 8.26. The Morgan fingerprint density at radius 1 is 0.929 bits per heavy atom. The van der Waals surface area contributed by atoms with Gasteiger partial charge in [-0.15, -0.1) is 0 Å². The quantitative estimate of drug-likeness (QED) is 0.658. The lowest BCUT2D eigenvalue weighted by Gasteiger charge is -2.34. The van der Waals surface area contributed by atoms with Gasteiger partial charge in [-0.05, 0) is 10.8 Å². The van der Waals surface area contributed by atoms with Gasteiger partial charge in [-0.3, -0.25) is 4.79 Å². The van der Waals surface area contributed by atoms with E-state index in [9.17, 15) is 36.2 Å². The van der Waals surface area contributed by atoms with E-state index in [4.69, 9.17) is 0 Å². The maximum absolute atomic E-state index is 13.4. The fraction of sp³-hybridized carbons (Fsp3) is 0.421. The molecule has 0 saturated carbocycles. The number of carbonyl (C=O) groups is 1. The minimum absolute atomic E-state index is 0.0471. The van der Waals surface area contributed by atoms with E-state index in [1.165, 1.54) is 18.2 Å². The number of carbonyl (C=O) groups excluding carboxylic acids is 1. The number of alkyl halides is 6. The number of hydrogen-bond donors (Lipinski definition) is 2. The molecule has 3 nitrogen and oxygen atoms in total. The molecule has 2 N–H and O–H groups in total. The summed E-state index contributed by atoms with van der Waals surface area (Å²) in [7, 11) is 0. The minimum atomic E-state index is -6.06. The van der Waals surface area contributed by atoms with Crippen molar-refractivity contribution >= 4 is 22.4 Å². The third kappa shape index (κ3) is 4.09.